The van der Waals surface area contributed by atoms with E-state index in [9.17, 15) is 5.11 Å². The first-order valence-corrected chi connectivity index (χ1v) is 8.66. The maximum atomic E-state index is 10.9. The maximum Gasteiger partial charge on any atom is 0.127 e. The Morgan fingerprint density at radius 2 is 2.08 bits per heavy atom. The molecule has 3 aromatic rings. The minimum Gasteiger partial charge on any atom is -0.492 e. The van der Waals surface area contributed by atoms with Gasteiger partial charge in [-0.2, -0.15) is 15.4 Å². The van der Waals surface area contributed by atoms with E-state index in [-0.39, 0.29) is 0 Å². The predicted octanol–water partition coefficient (Wildman–Crippen LogP) is 2.32. The molecule has 6 nitrogen and oxygen atoms in total. The van der Waals surface area contributed by atoms with Crippen molar-refractivity contribution in [3.63, 3.8) is 0 Å². The van der Waals surface area contributed by atoms with Crippen molar-refractivity contribution in [1.82, 2.24) is 20.3 Å². The fraction of sp³-hybridized carbons (Fsp3) is 0.368. The molecular formula is C19H22N4O2. The Bertz CT molecular complexity index is 831. The molecular weight excluding hydrogens is 316 g/mol. The van der Waals surface area contributed by atoms with Crippen molar-refractivity contribution in [2.45, 2.75) is 18.4 Å². The minimum absolute atomic E-state index is 0.554. The number of likely N-dealkylation sites (tertiary alicyclic amines) is 1. The number of rotatable bonds is 5. The zero-order chi connectivity index (χ0) is 17.1. The van der Waals surface area contributed by atoms with Crippen LogP contribution in [-0.2, 0) is 5.60 Å². The molecule has 130 valence electrons. The summed E-state index contributed by atoms with van der Waals surface area (Å²) in [5.74, 6) is 0.905. The third-order valence-corrected chi connectivity index (χ3v) is 4.86. The van der Waals surface area contributed by atoms with Crippen LogP contribution in [0.25, 0.3) is 10.8 Å². The lowest BCUT2D eigenvalue weighted by atomic mass is 9.90. The molecule has 0 aliphatic carbocycles. The van der Waals surface area contributed by atoms with Crippen LogP contribution in [0.1, 0.15) is 18.5 Å². The quantitative estimate of drug-likeness (QED) is 0.747. The van der Waals surface area contributed by atoms with Crippen LogP contribution in [0.3, 0.4) is 0 Å². The summed E-state index contributed by atoms with van der Waals surface area (Å²) in [6.07, 6.45) is 3.24. The van der Waals surface area contributed by atoms with Gasteiger partial charge in [-0.05, 0) is 30.8 Å². The third kappa shape index (κ3) is 3.36. The molecule has 2 heterocycles. The first-order chi connectivity index (χ1) is 12.2. The molecule has 1 fully saturated rings. The zero-order valence-electron chi connectivity index (χ0n) is 14.1. The molecule has 4 rings (SSSR count). The van der Waals surface area contributed by atoms with E-state index in [1.807, 2.05) is 24.3 Å². The van der Waals surface area contributed by atoms with E-state index in [1.165, 1.54) is 5.39 Å². The van der Waals surface area contributed by atoms with E-state index in [2.05, 4.69) is 38.5 Å². The molecule has 1 unspecified atom stereocenters. The molecule has 6 heteroatoms. The monoisotopic (exact) mass is 338 g/mol. The van der Waals surface area contributed by atoms with Gasteiger partial charge >= 0.3 is 0 Å². The third-order valence-electron chi connectivity index (χ3n) is 4.86. The van der Waals surface area contributed by atoms with Crippen molar-refractivity contribution >= 4 is 10.8 Å². The van der Waals surface area contributed by atoms with Gasteiger partial charge in [0.1, 0.15) is 23.7 Å². The number of nitrogens with one attached hydrogen (secondary N) is 1. The summed E-state index contributed by atoms with van der Waals surface area (Å²) in [5, 5.41) is 23.6. The second kappa shape index (κ2) is 6.82. The molecule has 25 heavy (non-hydrogen) atoms. The number of H-pyrrole nitrogens is 1. The number of benzene rings is 2. The molecule has 0 bridgehead atoms. The van der Waals surface area contributed by atoms with Crippen molar-refractivity contribution < 1.29 is 9.84 Å². The van der Waals surface area contributed by atoms with Gasteiger partial charge in [-0.15, -0.1) is 0 Å². The molecule has 0 radical (unpaired) electrons. The molecule has 1 aliphatic heterocycles. The Labute approximate surface area is 146 Å². The number of piperidine rings is 1. The molecule has 0 amide bonds. The van der Waals surface area contributed by atoms with Crippen molar-refractivity contribution in [3.8, 4) is 5.75 Å². The Kier molecular flexibility index (Phi) is 4.38. The molecule has 0 saturated carbocycles. The van der Waals surface area contributed by atoms with Gasteiger partial charge in [0.15, 0.2) is 0 Å². The number of nitrogens with zero attached hydrogens (tertiary/aromatic N) is 3. The van der Waals surface area contributed by atoms with Crippen LogP contribution in [0.5, 0.6) is 5.75 Å². The Balaban J connectivity index is 1.38. The summed E-state index contributed by atoms with van der Waals surface area (Å²) < 4.78 is 6.02. The summed E-state index contributed by atoms with van der Waals surface area (Å²) in [5.41, 5.74) is -0.308. The minimum atomic E-state index is -0.926. The summed E-state index contributed by atoms with van der Waals surface area (Å²) in [6.45, 7) is 2.86. The van der Waals surface area contributed by atoms with Crippen molar-refractivity contribution in [3.05, 3.63) is 54.4 Å². The average Bonchev–Trinajstić information content (AvgIpc) is 3.18. The van der Waals surface area contributed by atoms with E-state index in [0.29, 0.717) is 25.3 Å². The first-order valence-electron chi connectivity index (χ1n) is 8.66. The maximum absolute atomic E-state index is 10.9. The highest BCUT2D eigenvalue weighted by molar-refractivity contribution is 5.88. The highest BCUT2D eigenvalue weighted by Gasteiger charge is 2.36. The van der Waals surface area contributed by atoms with E-state index in [0.717, 1.165) is 30.6 Å². The van der Waals surface area contributed by atoms with Gasteiger partial charge in [-0.25, -0.2) is 0 Å². The molecule has 1 saturated heterocycles. The lowest BCUT2D eigenvalue weighted by Crippen LogP contribution is -2.47. The predicted molar refractivity (Wildman–Crippen MR) is 95.4 cm³/mol. The Morgan fingerprint density at radius 3 is 2.96 bits per heavy atom. The molecule has 2 N–H and O–H groups in total. The van der Waals surface area contributed by atoms with Gasteiger partial charge in [-0.1, -0.05) is 36.4 Å². The van der Waals surface area contributed by atoms with E-state index in [4.69, 9.17) is 4.74 Å². The number of ether oxygens (including phenoxy) is 1. The summed E-state index contributed by atoms with van der Waals surface area (Å²) in [4.78, 5) is 2.23. The number of aliphatic hydroxyl groups is 1. The van der Waals surface area contributed by atoms with E-state index >= 15 is 0 Å². The standard InChI is InChI=1S/C19H22N4O2/c24-19(18-13-20-22-21-18)9-4-10-23(14-19)11-12-25-17-8-3-6-15-5-1-2-7-16(15)17/h1-3,5-8,13,24H,4,9-12,14H2,(H,20,21,22). The second-order valence-electron chi connectivity index (χ2n) is 6.59. The SMILES string of the molecule is OC1(c2cn[nH]n2)CCCN(CCOc2cccc3ccccc23)C1. The number of hydrogen-bond donors (Lipinski definition) is 2. The number of β-amino-alcohol motifs (C(OH)–C–C–N with tert-alkyl or cyclic N) is 1. The summed E-state index contributed by atoms with van der Waals surface area (Å²) >= 11 is 0. The molecule has 1 aliphatic rings. The first kappa shape index (κ1) is 16.1. The number of aromatic nitrogens is 3. The Hall–Kier alpha value is -2.44. The van der Waals surface area contributed by atoms with Crippen molar-refractivity contribution in [2.24, 2.45) is 0 Å². The van der Waals surface area contributed by atoms with E-state index in [1.54, 1.807) is 6.20 Å². The normalized spacial score (nSPS) is 21.5. The lowest BCUT2D eigenvalue weighted by Gasteiger charge is -2.37. The average molecular weight is 338 g/mol. The van der Waals surface area contributed by atoms with Crippen LogP contribution in [0.2, 0.25) is 0 Å². The highest BCUT2D eigenvalue weighted by atomic mass is 16.5. The highest BCUT2D eigenvalue weighted by Crippen LogP contribution is 2.30. The van der Waals surface area contributed by atoms with Gasteiger partial charge in [0.25, 0.3) is 0 Å². The number of hydrogen-bond acceptors (Lipinski definition) is 5. The van der Waals surface area contributed by atoms with Gasteiger partial charge in [-0.3, -0.25) is 4.90 Å². The van der Waals surface area contributed by atoms with E-state index < -0.39 is 5.60 Å². The van der Waals surface area contributed by atoms with Crippen LogP contribution in [0.15, 0.2) is 48.7 Å². The number of fused-ring (bicyclic) bond motifs is 1. The Morgan fingerprint density at radius 1 is 1.20 bits per heavy atom. The largest absolute Gasteiger partial charge is 0.492 e. The van der Waals surface area contributed by atoms with Crippen molar-refractivity contribution in [1.29, 1.82) is 0 Å². The second-order valence-corrected chi connectivity index (χ2v) is 6.59. The van der Waals surface area contributed by atoms with Crippen LogP contribution in [0.4, 0.5) is 0 Å². The van der Waals surface area contributed by atoms with Crippen LogP contribution in [0, 0.1) is 0 Å². The van der Waals surface area contributed by atoms with Crippen LogP contribution >= 0.6 is 0 Å². The zero-order valence-corrected chi connectivity index (χ0v) is 14.1. The van der Waals surface area contributed by atoms with Gasteiger partial charge in [0, 0.05) is 18.5 Å². The van der Waals surface area contributed by atoms with Gasteiger partial charge < -0.3 is 9.84 Å². The summed E-state index contributed by atoms with van der Waals surface area (Å²) in [6, 6.07) is 14.3. The molecule has 1 aromatic heterocycles. The molecule has 1 atom stereocenters. The van der Waals surface area contributed by atoms with Gasteiger partial charge in [0.2, 0.25) is 0 Å². The van der Waals surface area contributed by atoms with Crippen LogP contribution < -0.4 is 4.74 Å². The molecule has 2 aromatic carbocycles. The lowest BCUT2D eigenvalue weighted by molar-refractivity contribution is -0.0412. The van der Waals surface area contributed by atoms with Gasteiger partial charge in [0.05, 0.1) is 6.20 Å². The summed E-state index contributed by atoms with van der Waals surface area (Å²) in [7, 11) is 0. The smallest absolute Gasteiger partial charge is 0.127 e. The number of aromatic amines is 1. The van der Waals surface area contributed by atoms with Crippen molar-refractivity contribution in [2.75, 3.05) is 26.2 Å². The fourth-order valence-corrected chi connectivity index (χ4v) is 3.56. The van der Waals surface area contributed by atoms with Crippen LogP contribution in [-0.4, -0.2) is 51.7 Å². The topological polar surface area (TPSA) is 74.3 Å². The molecule has 0 spiro atoms. The fourth-order valence-electron chi connectivity index (χ4n) is 3.56.